The second-order valence-electron chi connectivity index (χ2n) is 3.98. The Morgan fingerprint density at radius 2 is 2.00 bits per heavy atom. The summed E-state index contributed by atoms with van der Waals surface area (Å²) in [6.07, 6.45) is 0. The monoisotopic (exact) mass is 377 g/mol. The first-order chi connectivity index (χ1) is 9.56. The summed E-state index contributed by atoms with van der Waals surface area (Å²) in [7, 11) is 0. The molecule has 0 heterocycles. The zero-order chi connectivity index (χ0) is 14.5. The summed E-state index contributed by atoms with van der Waals surface area (Å²) in [4.78, 5) is 0. The molecule has 0 aliphatic carbocycles. The Balaban J connectivity index is 1.86. The van der Waals surface area contributed by atoms with Gasteiger partial charge in [0, 0.05) is 23.3 Å². The van der Waals surface area contributed by atoms with E-state index in [9.17, 15) is 4.39 Å². The smallest absolute Gasteiger partial charge is 0.145 e. The molecule has 0 radical (unpaired) electrons. The number of benzene rings is 2. The van der Waals surface area contributed by atoms with Crippen LogP contribution in [0.3, 0.4) is 0 Å². The standard InChI is InChI=1S/C14H11BrCl2FNO/c15-11-7-12(17)13(18)8-14(11)20-5-4-19-10-3-1-2-9(16)6-10/h1-3,6-8,19H,4-5H2. The van der Waals surface area contributed by atoms with Crippen LogP contribution >= 0.6 is 39.1 Å². The molecule has 0 aliphatic rings. The van der Waals surface area contributed by atoms with Crippen LogP contribution < -0.4 is 10.1 Å². The van der Waals surface area contributed by atoms with Crippen molar-refractivity contribution in [1.29, 1.82) is 0 Å². The highest BCUT2D eigenvalue weighted by Gasteiger charge is 2.07. The summed E-state index contributed by atoms with van der Waals surface area (Å²) in [5, 5.41) is 3.88. The molecule has 0 bridgehead atoms. The van der Waals surface area contributed by atoms with Crippen LogP contribution in [0.2, 0.25) is 10.0 Å². The van der Waals surface area contributed by atoms with Crippen LogP contribution in [0.25, 0.3) is 0 Å². The van der Waals surface area contributed by atoms with Crippen LogP contribution in [-0.4, -0.2) is 13.2 Å². The second-order valence-corrected chi connectivity index (χ2v) is 5.68. The van der Waals surface area contributed by atoms with E-state index in [1.165, 1.54) is 12.1 Å². The van der Waals surface area contributed by atoms with Crippen LogP contribution in [0.5, 0.6) is 5.75 Å². The molecule has 1 N–H and O–H groups in total. The number of anilines is 1. The molecule has 0 unspecified atom stereocenters. The molecule has 106 valence electrons. The van der Waals surface area contributed by atoms with Crippen molar-refractivity contribution in [2.45, 2.75) is 0 Å². The quantitative estimate of drug-likeness (QED) is 0.556. The van der Waals surface area contributed by atoms with Crippen molar-refractivity contribution >= 4 is 44.8 Å². The van der Waals surface area contributed by atoms with Gasteiger partial charge in [-0.2, -0.15) is 0 Å². The summed E-state index contributed by atoms with van der Waals surface area (Å²) in [5.74, 6) is -0.0903. The van der Waals surface area contributed by atoms with Gasteiger partial charge in [-0.1, -0.05) is 29.3 Å². The molecule has 0 spiro atoms. The first kappa shape index (κ1) is 15.4. The number of ether oxygens (including phenoxy) is 1. The Kier molecular flexibility index (Phi) is 5.52. The Morgan fingerprint density at radius 3 is 2.75 bits per heavy atom. The fraction of sp³-hybridized carbons (Fsp3) is 0.143. The first-order valence-electron chi connectivity index (χ1n) is 5.83. The van der Waals surface area contributed by atoms with Gasteiger partial charge in [0.15, 0.2) is 0 Å². The van der Waals surface area contributed by atoms with Gasteiger partial charge in [-0.25, -0.2) is 4.39 Å². The van der Waals surface area contributed by atoms with Gasteiger partial charge in [-0.15, -0.1) is 0 Å². The van der Waals surface area contributed by atoms with Gasteiger partial charge >= 0.3 is 0 Å². The van der Waals surface area contributed by atoms with E-state index in [0.717, 1.165) is 5.69 Å². The molecular weight excluding hydrogens is 368 g/mol. The number of nitrogens with one attached hydrogen (secondary N) is 1. The molecule has 0 aliphatic heterocycles. The zero-order valence-corrected chi connectivity index (χ0v) is 13.4. The number of halogens is 4. The summed E-state index contributed by atoms with van der Waals surface area (Å²) >= 11 is 14.8. The van der Waals surface area contributed by atoms with Crippen LogP contribution in [0.4, 0.5) is 10.1 Å². The largest absolute Gasteiger partial charge is 0.490 e. The minimum Gasteiger partial charge on any atom is -0.490 e. The third-order valence-corrected chi connectivity index (χ3v) is 3.63. The van der Waals surface area contributed by atoms with Crippen molar-refractivity contribution in [3.05, 3.63) is 56.7 Å². The van der Waals surface area contributed by atoms with Crippen molar-refractivity contribution in [2.75, 3.05) is 18.5 Å². The molecule has 2 aromatic rings. The van der Waals surface area contributed by atoms with E-state index in [-0.39, 0.29) is 5.02 Å². The van der Waals surface area contributed by atoms with Gasteiger partial charge in [0.25, 0.3) is 0 Å². The predicted octanol–water partition coefficient (Wildman–Crippen LogP) is 5.39. The molecule has 6 heteroatoms. The molecule has 0 saturated heterocycles. The number of rotatable bonds is 5. The fourth-order valence-electron chi connectivity index (χ4n) is 1.57. The molecular formula is C14H11BrCl2FNO. The molecule has 0 fully saturated rings. The van der Waals surface area contributed by atoms with Gasteiger partial charge in [0.05, 0.1) is 9.50 Å². The van der Waals surface area contributed by atoms with Gasteiger partial charge in [-0.05, 0) is 40.2 Å². The molecule has 0 aromatic heterocycles. The van der Waals surface area contributed by atoms with Gasteiger partial charge < -0.3 is 10.1 Å². The molecule has 0 amide bonds. The minimum atomic E-state index is -0.507. The lowest BCUT2D eigenvalue weighted by Crippen LogP contribution is -2.11. The maximum atomic E-state index is 13.3. The van der Waals surface area contributed by atoms with E-state index in [0.29, 0.717) is 28.4 Å². The predicted molar refractivity (Wildman–Crippen MR) is 84.5 cm³/mol. The summed E-state index contributed by atoms with van der Waals surface area (Å²) in [6, 6.07) is 10.1. The van der Waals surface area contributed by atoms with Crippen molar-refractivity contribution in [2.24, 2.45) is 0 Å². The Hall–Kier alpha value is -0.970. The lowest BCUT2D eigenvalue weighted by molar-refractivity contribution is 0.329. The Labute approximate surface area is 135 Å². The van der Waals surface area contributed by atoms with Crippen molar-refractivity contribution in [1.82, 2.24) is 0 Å². The van der Waals surface area contributed by atoms with E-state index in [1.54, 1.807) is 6.07 Å². The molecule has 0 saturated carbocycles. The summed E-state index contributed by atoms with van der Waals surface area (Å²) < 4.78 is 19.4. The Bertz CT molecular complexity index is 610. The molecule has 2 rings (SSSR count). The highest BCUT2D eigenvalue weighted by molar-refractivity contribution is 9.10. The van der Waals surface area contributed by atoms with E-state index >= 15 is 0 Å². The fourth-order valence-corrected chi connectivity index (χ4v) is 2.51. The van der Waals surface area contributed by atoms with Crippen LogP contribution in [0.1, 0.15) is 0 Å². The zero-order valence-electron chi connectivity index (χ0n) is 10.3. The van der Waals surface area contributed by atoms with E-state index in [1.807, 2.05) is 18.2 Å². The molecule has 2 nitrogen and oxygen atoms in total. The van der Waals surface area contributed by atoms with Gasteiger partial charge in [-0.3, -0.25) is 0 Å². The SMILES string of the molecule is Fc1cc(OCCNc2cccc(Cl)c2)c(Br)cc1Cl. The highest BCUT2D eigenvalue weighted by atomic mass is 79.9. The molecule has 0 atom stereocenters. The Morgan fingerprint density at radius 1 is 1.20 bits per heavy atom. The summed E-state index contributed by atoms with van der Waals surface area (Å²) in [6.45, 7) is 0.948. The third kappa shape index (κ3) is 4.27. The maximum absolute atomic E-state index is 13.3. The summed E-state index contributed by atoms with van der Waals surface area (Å²) in [5.41, 5.74) is 0.905. The van der Waals surface area contributed by atoms with Crippen LogP contribution in [-0.2, 0) is 0 Å². The third-order valence-electron chi connectivity index (χ3n) is 2.49. The van der Waals surface area contributed by atoms with E-state index < -0.39 is 5.82 Å². The first-order valence-corrected chi connectivity index (χ1v) is 7.38. The lowest BCUT2D eigenvalue weighted by atomic mass is 10.3. The maximum Gasteiger partial charge on any atom is 0.145 e. The van der Waals surface area contributed by atoms with E-state index in [4.69, 9.17) is 27.9 Å². The van der Waals surface area contributed by atoms with Gasteiger partial charge in [0.2, 0.25) is 0 Å². The second kappa shape index (κ2) is 7.16. The van der Waals surface area contributed by atoms with E-state index in [2.05, 4.69) is 21.2 Å². The topological polar surface area (TPSA) is 21.3 Å². The molecule has 2 aromatic carbocycles. The lowest BCUT2D eigenvalue weighted by Gasteiger charge is -2.10. The van der Waals surface area contributed by atoms with Gasteiger partial charge in [0.1, 0.15) is 18.2 Å². The number of hydrogen-bond donors (Lipinski definition) is 1. The average molecular weight is 379 g/mol. The minimum absolute atomic E-state index is 0.0567. The highest BCUT2D eigenvalue weighted by Crippen LogP contribution is 2.30. The van der Waals surface area contributed by atoms with Crippen molar-refractivity contribution in [3.8, 4) is 5.75 Å². The number of hydrogen-bond acceptors (Lipinski definition) is 2. The van der Waals surface area contributed by atoms with Crippen LogP contribution in [0, 0.1) is 5.82 Å². The molecule has 20 heavy (non-hydrogen) atoms. The average Bonchev–Trinajstić information content (AvgIpc) is 2.40. The van der Waals surface area contributed by atoms with Crippen LogP contribution in [0.15, 0.2) is 40.9 Å². The van der Waals surface area contributed by atoms with Crippen molar-refractivity contribution in [3.63, 3.8) is 0 Å². The van der Waals surface area contributed by atoms with Crippen molar-refractivity contribution < 1.29 is 9.13 Å². The normalized spacial score (nSPS) is 10.4.